The van der Waals surface area contributed by atoms with Gasteiger partial charge in [-0.05, 0) is 31.1 Å². The van der Waals surface area contributed by atoms with Gasteiger partial charge in [-0.1, -0.05) is 13.3 Å². The van der Waals surface area contributed by atoms with E-state index in [-0.39, 0.29) is 5.75 Å². The van der Waals surface area contributed by atoms with Crippen LogP contribution in [0.2, 0.25) is 0 Å². The number of terminal acetylenes is 2. The fourth-order valence-corrected chi connectivity index (χ4v) is 2.65. The van der Waals surface area contributed by atoms with Gasteiger partial charge >= 0.3 is 0 Å². The van der Waals surface area contributed by atoms with E-state index in [0.29, 0.717) is 30.4 Å². The van der Waals surface area contributed by atoms with E-state index in [0.717, 1.165) is 25.9 Å². The van der Waals surface area contributed by atoms with Crippen molar-refractivity contribution >= 4 is 10.1 Å². The molecule has 108 valence electrons. The predicted molar refractivity (Wildman–Crippen MR) is 76.1 cm³/mol. The van der Waals surface area contributed by atoms with Crippen LogP contribution in [0, 0.1) is 24.7 Å². The topological polar surface area (TPSA) is 57.2 Å². The van der Waals surface area contributed by atoms with Crippen LogP contribution in [0.3, 0.4) is 0 Å². The lowest BCUT2D eigenvalue weighted by Gasteiger charge is -2.35. The van der Waals surface area contributed by atoms with Crippen LogP contribution in [-0.4, -0.2) is 49.4 Å². The highest BCUT2D eigenvalue weighted by atomic mass is 32.2. The Morgan fingerprint density at radius 2 is 1.58 bits per heavy atom. The molecule has 0 N–H and O–H groups in total. The molecule has 0 aromatic carbocycles. The first kappa shape index (κ1) is 18.0. The van der Waals surface area contributed by atoms with Gasteiger partial charge in [-0.15, -0.1) is 12.8 Å². The SMILES string of the molecule is C#CC[N+](CC#C)(CCCC)CCCCS(=O)(=O)[O-]. The van der Waals surface area contributed by atoms with Gasteiger partial charge in [0, 0.05) is 5.75 Å². The van der Waals surface area contributed by atoms with Crippen LogP contribution in [0.5, 0.6) is 0 Å². The summed E-state index contributed by atoms with van der Waals surface area (Å²) in [4.78, 5) is 0. The molecule has 0 saturated heterocycles. The number of nitrogens with zero attached hydrogens (tertiary/aromatic N) is 1. The van der Waals surface area contributed by atoms with Crippen LogP contribution in [0.4, 0.5) is 0 Å². The zero-order chi connectivity index (χ0) is 14.8. The average Bonchev–Trinajstić information content (AvgIpc) is 2.32. The lowest BCUT2D eigenvalue weighted by atomic mass is 10.2. The van der Waals surface area contributed by atoms with Gasteiger partial charge in [0.15, 0.2) is 0 Å². The highest BCUT2D eigenvalue weighted by molar-refractivity contribution is 7.85. The lowest BCUT2D eigenvalue weighted by Crippen LogP contribution is -2.50. The Morgan fingerprint density at radius 1 is 1.05 bits per heavy atom. The standard InChI is InChI=1S/C14H23NO3S/c1-4-7-12-15(10-5-2,11-6-3)13-8-9-14-19(16,17)18/h2-3H,4,7-14H2,1H3. The second-order valence-electron chi connectivity index (χ2n) is 4.84. The normalized spacial score (nSPS) is 11.8. The minimum atomic E-state index is -4.12. The van der Waals surface area contributed by atoms with E-state index in [9.17, 15) is 13.0 Å². The first-order valence-electron chi connectivity index (χ1n) is 6.55. The Kier molecular flexibility index (Phi) is 8.51. The Hall–Kier alpha value is -1.01. The summed E-state index contributed by atoms with van der Waals surface area (Å²) >= 11 is 0. The van der Waals surface area contributed by atoms with Gasteiger partial charge in [0.2, 0.25) is 0 Å². The van der Waals surface area contributed by atoms with Crippen molar-refractivity contribution in [2.24, 2.45) is 0 Å². The summed E-state index contributed by atoms with van der Waals surface area (Å²) in [6, 6.07) is 0. The largest absolute Gasteiger partial charge is 0.748 e. The summed E-state index contributed by atoms with van der Waals surface area (Å²) in [5.41, 5.74) is 0. The third-order valence-electron chi connectivity index (χ3n) is 3.12. The Labute approximate surface area is 117 Å². The van der Waals surface area contributed by atoms with Crippen LogP contribution in [0.15, 0.2) is 0 Å². The summed E-state index contributed by atoms with van der Waals surface area (Å²) in [5.74, 6) is 5.00. The molecule has 0 spiro atoms. The van der Waals surface area contributed by atoms with E-state index < -0.39 is 10.1 Å². The Balaban J connectivity index is 4.47. The first-order chi connectivity index (χ1) is 8.89. The highest BCUT2D eigenvalue weighted by Gasteiger charge is 2.24. The molecule has 0 unspecified atom stereocenters. The van der Waals surface area contributed by atoms with Crippen LogP contribution in [-0.2, 0) is 10.1 Å². The summed E-state index contributed by atoms with van der Waals surface area (Å²) < 4.78 is 32.3. The molecule has 4 nitrogen and oxygen atoms in total. The van der Waals surface area contributed by atoms with Gasteiger partial charge in [0.25, 0.3) is 0 Å². The van der Waals surface area contributed by atoms with Crippen LogP contribution >= 0.6 is 0 Å². The third kappa shape index (κ3) is 8.67. The quantitative estimate of drug-likeness (QED) is 0.262. The second kappa shape index (κ2) is 8.98. The van der Waals surface area contributed by atoms with E-state index in [1.807, 2.05) is 0 Å². The number of rotatable bonds is 10. The maximum absolute atomic E-state index is 10.6. The molecule has 0 fully saturated rings. The van der Waals surface area contributed by atoms with Crippen LogP contribution < -0.4 is 0 Å². The Bertz CT molecular complexity index is 413. The van der Waals surface area contributed by atoms with Crippen molar-refractivity contribution in [3.05, 3.63) is 0 Å². The number of hydrogen-bond acceptors (Lipinski definition) is 3. The number of quaternary nitrogens is 1. The summed E-state index contributed by atoms with van der Waals surface area (Å²) in [6.45, 7) is 4.83. The molecule has 0 radical (unpaired) electrons. The molecule has 0 aromatic heterocycles. The summed E-state index contributed by atoms with van der Waals surface area (Å²) in [7, 11) is -4.12. The van der Waals surface area contributed by atoms with E-state index in [4.69, 9.17) is 12.8 Å². The van der Waals surface area contributed by atoms with E-state index in [1.54, 1.807) is 0 Å². The Morgan fingerprint density at radius 3 is 2.00 bits per heavy atom. The van der Waals surface area contributed by atoms with Crippen molar-refractivity contribution in [1.82, 2.24) is 0 Å². The van der Waals surface area contributed by atoms with Crippen molar-refractivity contribution in [2.45, 2.75) is 32.6 Å². The molecule has 0 atom stereocenters. The fraction of sp³-hybridized carbons (Fsp3) is 0.714. The number of hydrogen-bond donors (Lipinski definition) is 0. The molecule has 0 aliphatic carbocycles. The van der Waals surface area contributed by atoms with Gasteiger partial charge in [-0.25, -0.2) is 8.42 Å². The molecule has 5 heteroatoms. The molecule has 0 rings (SSSR count). The molecule has 0 heterocycles. The van der Waals surface area contributed by atoms with Crippen LogP contribution in [0.1, 0.15) is 32.6 Å². The molecule has 0 aromatic rings. The zero-order valence-corrected chi connectivity index (χ0v) is 12.4. The average molecular weight is 285 g/mol. The van der Waals surface area contributed by atoms with Gasteiger partial charge in [0.05, 0.1) is 23.2 Å². The molecule has 0 saturated carbocycles. The highest BCUT2D eigenvalue weighted by Crippen LogP contribution is 2.12. The fourth-order valence-electron chi connectivity index (χ4n) is 2.09. The van der Waals surface area contributed by atoms with E-state index in [2.05, 4.69) is 18.8 Å². The maximum atomic E-state index is 10.6. The third-order valence-corrected chi connectivity index (χ3v) is 3.90. The van der Waals surface area contributed by atoms with Crippen molar-refractivity contribution in [3.8, 4) is 24.7 Å². The summed E-state index contributed by atoms with van der Waals surface area (Å²) in [5, 5.41) is 0. The predicted octanol–water partition coefficient (Wildman–Crippen LogP) is 1.20. The molecule has 0 amide bonds. The molecule has 0 aliphatic heterocycles. The number of unbranched alkanes of at least 4 members (excludes halogenated alkanes) is 2. The van der Waals surface area contributed by atoms with E-state index >= 15 is 0 Å². The van der Waals surface area contributed by atoms with Gasteiger partial charge in [-0.2, -0.15) is 0 Å². The minimum absolute atomic E-state index is 0.313. The molecule has 0 bridgehead atoms. The second-order valence-corrected chi connectivity index (χ2v) is 6.36. The van der Waals surface area contributed by atoms with Gasteiger partial charge in [0.1, 0.15) is 13.1 Å². The molecular weight excluding hydrogens is 262 g/mol. The smallest absolute Gasteiger partial charge is 0.141 e. The molecule has 19 heavy (non-hydrogen) atoms. The van der Waals surface area contributed by atoms with Crippen molar-refractivity contribution in [2.75, 3.05) is 31.9 Å². The lowest BCUT2D eigenvalue weighted by molar-refractivity contribution is -0.915. The van der Waals surface area contributed by atoms with Gasteiger partial charge in [-0.3, -0.25) is 0 Å². The monoisotopic (exact) mass is 285 g/mol. The zero-order valence-electron chi connectivity index (χ0n) is 11.6. The van der Waals surface area contributed by atoms with Crippen molar-refractivity contribution in [1.29, 1.82) is 0 Å². The van der Waals surface area contributed by atoms with E-state index in [1.165, 1.54) is 0 Å². The van der Waals surface area contributed by atoms with Gasteiger partial charge < -0.3 is 9.04 Å². The molecular formula is C14H23NO3S. The first-order valence-corrected chi connectivity index (χ1v) is 8.12. The van der Waals surface area contributed by atoms with Crippen molar-refractivity contribution in [3.63, 3.8) is 0 Å². The maximum Gasteiger partial charge on any atom is 0.141 e. The van der Waals surface area contributed by atoms with Crippen LogP contribution in [0.25, 0.3) is 0 Å². The molecule has 0 aliphatic rings. The minimum Gasteiger partial charge on any atom is -0.748 e. The summed E-state index contributed by atoms with van der Waals surface area (Å²) in [6.07, 6.45) is 13.9. The van der Waals surface area contributed by atoms with Crippen molar-refractivity contribution < 1.29 is 17.5 Å².